The van der Waals surface area contributed by atoms with Gasteiger partial charge in [-0.2, -0.15) is 4.98 Å². The van der Waals surface area contributed by atoms with Crippen molar-refractivity contribution in [3.8, 4) is 0 Å². The van der Waals surface area contributed by atoms with Crippen LogP contribution in [0.15, 0.2) is 4.52 Å². The van der Waals surface area contributed by atoms with E-state index in [1.54, 1.807) is 7.11 Å². The van der Waals surface area contributed by atoms with Gasteiger partial charge in [-0.15, -0.1) is 0 Å². The normalized spacial score (nSPS) is 20.6. The molecule has 0 aromatic carbocycles. The van der Waals surface area contributed by atoms with E-state index in [2.05, 4.69) is 15.5 Å². The summed E-state index contributed by atoms with van der Waals surface area (Å²) < 4.78 is 10.2. The molecule has 0 spiro atoms. The Morgan fingerprint density at radius 3 is 3.18 bits per heavy atom. The average molecular weight is 239 g/mol. The topological polar surface area (TPSA) is 60.2 Å². The highest BCUT2D eigenvalue weighted by atomic mass is 16.5. The van der Waals surface area contributed by atoms with Gasteiger partial charge in [0.15, 0.2) is 5.82 Å². The van der Waals surface area contributed by atoms with E-state index in [0.717, 1.165) is 50.0 Å². The Balaban J connectivity index is 1.72. The van der Waals surface area contributed by atoms with Crippen molar-refractivity contribution in [3.63, 3.8) is 0 Å². The number of nitrogens with zero attached hydrogens (tertiary/aromatic N) is 2. The molecule has 0 aliphatic carbocycles. The predicted octanol–water partition coefficient (Wildman–Crippen LogP) is 1.19. The maximum absolute atomic E-state index is 5.22. The third-order valence-corrected chi connectivity index (χ3v) is 3.21. The van der Waals surface area contributed by atoms with Crippen LogP contribution >= 0.6 is 0 Å². The van der Waals surface area contributed by atoms with Crippen LogP contribution in [0.4, 0.5) is 0 Å². The van der Waals surface area contributed by atoms with Crippen LogP contribution in [0.25, 0.3) is 0 Å². The maximum Gasteiger partial charge on any atom is 0.226 e. The number of piperidine rings is 1. The minimum atomic E-state index is 0.644. The van der Waals surface area contributed by atoms with Gasteiger partial charge in [-0.3, -0.25) is 0 Å². The zero-order chi connectivity index (χ0) is 11.9. The molecule has 1 aliphatic heterocycles. The third-order valence-electron chi connectivity index (χ3n) is 3.21. The van der Waals surface area contributed by atoms with Crippen LogP contribution < -0.4 is 5.32 Å². The molecule has 1 atom stereocenters. The summed E-state index contributed by atoms with van der Waals surface area (Å²) >= 11 is 0. The van der Waals surface area contributed by atoms with Crippen LogP contribution in [0.2, 0.25) is 0 Å². The molecular weight excluding hydrogens is 218 g/mol. The zero-order valence-electron chi connectivity index (χ0n) is 10.4. The Labute approximate surface area is 102 Å². The van der Waals surface area contributed by atoms with Gasteiger partial charge in [0.2, 0.25) is 5.89 Å². The Morgan fingerprint density at radius 1 is 1.47 bits per heavy atom. The lowest BCUT2D eigenvalue weighted by Gasteiger charge is -2.21. The molecule has 5 nitrogen and oxygen atoms in total. The lowest BCUT2D eigenvalue weighted by Crippen LogP contribution is -2.29. The van der Waals surface area contributed by atoms with Crippen molar-refractivity contribution >= 4 is 0 Å². The molecule has 1 aliphatic rings. The summed E-state index contributed by atoms with van der Waals surface area (Å²) in [5.41, 5.74) is 0. The fraction of sp³-hybridized carbons (Fsp3) is 0.833. The quantitative estimate of drug-likeness (QED) is 0.808. The second-order valence-electron chi connectivity index (χ2n) is 4.60. The Hall–Kier alpha value is -0.940. The number of methoxy groups -OCH3 is 1. The molecule has 0 saturated carbocycles. The Morgan fingerprint density at radius 2 is 2.41 bits per heavy atom. The van der Waals surface area contributed by atoms with Crippen LogP contribution in [0, 0.1) is 5.92 Å². The van der Waals surface area contributed by atoms with Crippen molar-refractivity contribution in [3.05, 3.63) is 11.7 Å². The molecule has 1 fully saturated rings. The molecule has 1 saturated heterocycles. The summed E-state index contributed by atoms with van der Waals surface area (Å²) in [4.78, 5) is 4.35. The number of nitrogens with one attached hydrogen (secondary N) is 1. The molecule has 0 radical (unpaired) electrons. The number of hydrogen-bond donors (Lipinski definition) is 1. The third kappa shape index (κ3) is 4.09. The fourth-order valence-electron chi connectivity index (χ4n) is 2.18. The van der Waals surface area contributed by atoms with Crippen molar-refractivity contribution in [2.45, 2.75) is 32.1 Å². The molecule has 1 unspecified atom stereocenters. The van der Waals surface area contributed by atoms with Crippen molar-refractivity contribution in [2.75, 3.05) is 26.8 Å². The molecule has 1 aromatic heterocycles. The highest BCUT2D eigenvalue weighted by molar-refractivity contribution is 4.87. The number of aromatic nitrogens is 2. The smallest absolute Gasteiger partial charge is 0.226 e. The lowest BCUT2D eigenvalue weighted by molar-refractivity contribution is 0.199. The van der Waals surface area contributed by atoms with E-state index in [0.29, 0.717) is 6.61 Å². The molecule has 1 aromatic rings. The molecule has 0 bridgehead atoms. The molecule has 5 heteroatoms. The van der Waals surface area contributed by atoms with Crippen LogP contribution in [0.1, 0.15) is 31.0 Å². The highest BCUT2D eigenvalue weighted by Crippen LogP contribution is 2.16. The first-order chi connectivity index (χ1) is 8.38. The SMILES string of the molecule is COCCc1noc(CCC2CCCNC2)n1. The molecule has 2 heterocycles. The van der Waals surface area contributed by atoms with Crippen molar-refractivity contribution in [1.82, 2.24) is 15.5 Å². The summed E-state index contributed by atoms with van der Waals surface area (Å²) in [5, 5.41) is 7.36. The van der Waals surface area contributed by atoms with Gasteiger partial charge in [0.25, 0.3) is 0 Å². The zero-order valence-corrected chi connectivity index (χ0v) is 10.4. The largest absolute Gasteiger partial charge is 0.384 e. The van der Waals surface area contributed by atoms with E-state index in [-0.39, 0.29) is 0 Å². The van der Waals surface area contributed by atoms with E-state index >= 15 is 0 Å². The van der Waals surface area contributed by atoms with Crippen LogP contribution in [0.5, 0.6) is 0 Å². The number of hydrogen-bond acceptors (Lipinski definition) is 5. The second kappa shape index (κ2) is 6.71. The van der Waals surface area contributed by atoms with Crippen LogP contribution in [-0.4, -0.2) is 36.9 Å². The summed E-state index contributed by atoms with van der Waals surface area (Å²) in [6, 6.07) is 0. The first-order valence-electron chi connectivity index (χ1n) is 6.39. The van der Waals surface area contributed by atoms with Gasteiger partial charge in [-0.1, -0.05) is 5.16 Å². The summed E-state index contributed by atoms with van der Waals surface area (Å²) in [5.74, 6) is 2.28. The summed E-state index contributed by atoms with van der Waals surface area (Å²) in [7, 11) is 1.68. The van der Waals surface area contributed by atoms with Gasteiger partial charge < -0.3 is 14.6 Å². The van der Waals surface area contributed by atoms with E-state index < -0.39 is 0 Å². The van der Waals surface area contributed by atoms with Crippen LogP contribution in [-0.2, 0) is 17.6 Å². The van der Waals surface area contributed by atoms with E-state index in [1.165, 1.54) is 12.8 Å². The molecule has 0 amide bonds. The van der Waals surface area contributed by atoms with Crippen molar-refractivity contribution in [2.24, 2.45) is 5.92 Å². The highest BCUT2D eigenvalue weighted by Gasteiger charge is 2.14. The van der Waals surface area contributed by atoms with Gasteiger partial charge in [0.05, 0.1) is 6.61 Å². The molecule has 2 rings (SSSR count). The molecule has 96 valence electrons. The van der Waals surface area contributed by atoms with Gasteiger partial charge in [0.1, 0.15) is 0 Å². The first kappa shape index (κ1) is 12.5. The minimum absolute atomic E-state index is 0.644. The average Bonchev–Trinajstić information content (AvgIpc) is 2.83. The van der Waals surface area contributed by atoms with Crippen molar-refractivity contribution in [1.29, 1.82) is 0 Å². The standard InChI is InChI=1S/C12H21N3O2/c1-16-8-6-11-14-12(17-15-11)5-4-10-3-2-7-13-9-10/h10,13H,2-9H2,1H3. The second-order valence-corrected chi connectivity index (χ2v) is 4.60. The van der Waals surface area contributed by atoms with Crippen LogP contribution in [0.3, 0.4) is 0 Å². The van der Waals surface area contributed by atoms with Gasteiger partial charge >= 0.3 is 0 Å². The number of ether oxygens (including phenoxy) is 1. The number of rotatable bonds is 6. The molecular formula is C12H21N3O2. The summed E-state index contributed by atoms with van der Waals surface area (Å²) in [6.07, 6.45) is 5.36. The number of aryl methyl sites for hydroxylation is 1. The van der Waals surface area contributed by atoms with E-state index in [1.807, 2.05) is 0 Å². The van der Waals surface area contributed by atoms with E-state index in [4.69, 9.17) is 9.26 Å². The minimum Gasteiger partial charge on any atom is -0.384 e. The Bertz CT molecular complexity index is 321. The summed E-state index contributed by atoms with van der Waals surface area (Å²) in [6.45, 7) is 2.94. The predicted molar refractivity (Wildman–Crippen MR) is 63.8 cm³/mol. The van der Waals surface area contributed by atoms with E-state index in [9.17, 15) is 0 Å². The van der Waals surface area contributed by atoms with Gasteiger partial charge in [0, 0.05) is 20.0 Å². The van der Waals surface area contributed by atoms with Gasteiger partial charge in [-0.25, -0.2) is 0 Å². The Kier molecular flexibility index (Phi) is 4.94. The molecule has 1 N–H and O–H groups in total. The monoisotopic (exact) mass is 239 g/mol. The van der Waals surface area contributed by atoms with Gasteiger partial charge in [-0.05, 0) is 38.3 Å². The lowest BCUT2D eigenvalue weighted by atomic mass is 9.95. The van der Waals surface area contributed by atoms with Crippen molar-refractivity contribution < 1.29 is 9.26 Å². The maximum atomic E-state index is 5.22. The molecule has 17 heavy (non-hydrogen) atoms. The first-order valence-corrected chi connectivity index (χ1v) is 6.39. The fourth-order valence-corrected chi connectivity index (χ4v) is 2.18.